The number of rotatable bonds is 0. The first-order valence-corrected chi connectivity index (χ1v) is 1.24. The number of hydrogen-bond acceptors (Lipinski definition) is 1. The van der Waals surface area contributed by atoms with Crippen LogP contribution in [0, 0.1) is 37.7 Å². The molecule has 0 heterocycles. The summed E-state index contributed by atoms with van der Waals surface area (Å²) < 4.78 is 31.7. The summed E-state index contributed by atoms with van der Waals surface area (Å²) in [5, 5.41) is 7.12. The van der Waals surface area contributed by atoms with E-state index in [2.05, 4.69) is 0 Å². The molecule has 0 fully saturated rings. The van der Waals surface area contributed by atoms with E-state index < -0.39 is 12.1 Å². The molecule has 6 heteroatoms. The Morgan fingerprint density at radius 3 is 1.50 bits per heavy atom. The summed E-state index contributed by atoms with van der Waals surface area (Å²) in [6.07, 6.45) is -5.08. The number of aliphatic carboxylic acids is 1. The van der Waals surface area contributed by atoms with Crippen molar-refractivity contribution in [3.05, 3.63) is 0 Å². The van der Waals surface area contributed by atoms with Gasteiger partial charge in [-0.05, 0) is 0 Å². The summed E-state index contributed by atoms with van der Waals surface area (Å²) >= 11 is 0. The summed E-state index contributed by atoms with van der Waals surface area (Å²) in [6, 6.07) is 0. The fourth-order valence-corrected chi connectivity index (χ4v) is 0. The maximum Gasteiger partial charge on any atom is 0.490 e. The molecule has 0 aliphatic heterocycles. The van der Waals surface area contributed by atoms with E-state index in [0.717, 1.165) is 0 Å². The molecule has 0 aromatic rings. The van der Waals surface area contributed by atoms with Gasteiger partial charge in [-0.2, -0.15) is 13.2 Å². The average molecular weight is 154 g/mol. The van der Waals surface area contributed by atoms with Gasteiger partial charge in [0.05, 0.1) is 0 Å². The predicted molar refractivity (Wildman–Crippen MR) is 13.7 cm³/mol. The first-order valence-electron chi connectivity index (χ1n) is 1.24. The van der Waals surface area contributed by atoms with Gasteiger partial charge in [0.2, 0.25) is 0 Å². The molecule has 0 atom stereocenters. The van der Waals surface area contributed by atoms with E-state index in [0.29, 0.717) is 0 Å². The van der Waals surface area contributed by atoms with Crippen LogP contribution in [0.2, 0.25) is 0 Å². The molecule has 0 bridgehead atoms. The molecule has 0 aliphatic carbocycles. The Kier molecular flexibility index (Phi) is 5.00. The molecule has 50 valence electrons. The molecule has 0 saturated carbocycles. The molecule has 1 N–H and O–H groups in total. The first-order chi connectivity index (χ1) is 2.94. The van der Waals surface area contributed by atoms with E-state index in [1.54, 1.807) is 0 Å². The van der Waals surface area contributed by atoms with Crippen molar-refractivity contribution in [3.63, 3.8) is 0 Å². The molecule has 0 amide bonds. The zero-order valence-corrected chi connectivity index (χ0v) is 4.05. The second kappa shape index (κ2) is 3.53. The second-order valence-corrected chi connectivity index (χ2v) is 0.803. The Hall–Kier alpha value is 0.520. The van der Waals surface area contributed by atoms with Crippen LogP contribution in [0.1, 0.15) is 0 Å². The Morgan fingerprint density at radius 2 is 1.50 bits per heavy atom. The molecular formula is C2HArF3O2. The van der Waals surface area contributed by atoms with Crippen LogP contribution in [0.25, 0.3) is 0 Å². The van der Waals surface area contributed by atoms with Crippen LogP contribution in [-0.2, 0) is 4.79 Å². The van der Waals surface area contributed by atoms with E-state index in [-0.39, 0.29) is 37.7 Å². The minimum Gasteiger partial charge on any atom is -0.475 e. The summed E-state index contributed by atoms with van der Waals surface area (Å²) in [5.41, 5.74) is 0. The number of halogens is 3. The first kappa shape index (κ1) is 11.3. The normalized spacial score (nSPS) is 9.88. The van der Waals surface area contributed by atoms with E-state index in [4.69, 9.17) is 9.90 Å². The smallest absolute Gasteiger partial charge is 0.475 e. The Labute approximate surface area is 72.7 Å². The summed E-state index contributed by atoms with van der Waals surface area (Å²) in [4.78, 5) is 8.90. The van der Waals surface area contributed by atoms with Gasteiger partial charge < -0.3 is 5.11 Å². The third-order valence-electron chi connectivity index (χ3n) is 0.243. The van der Waals surface area contributed by atoms with Crippen LogP contribution in [0.3, 0.4) is 0 Å². The van der Waals surface area contributed by atoms with Crippen molar-refractivity contribution >= 4 is 5.97 Å². The quantitative estimate of drug-likeness (QED) is 0.555. The fourth-order valence-electron chi connectivity index (χ4n) is 0. The summed E-state index contributed by atoms with van der Waals surface area (Å²) in [7, 11) is 0. The molecule has 0 radical (unpaired) electrons. The number of carboxylic acids is 1. The molecule has 2 nitrogen and oxygen atoms in total. The zero-order chi connectivity index (χ0) is 6.08. The van der Waals surface area contributed by atoms with E-state index in [1.807, 2.05) is 0 Å². The topological polar surface area (TPSA) is 37.3 Å². The largest absolute Gasteiger partial charge is 0.490 e. The third kappa shape index (κ3) is 4.67. The van der Waals surface area contributed by atoms with Crippen LogP contribution >= 0.6 is 0 Å². The molecule has 0 saturated heterocycles. The van der Waals surface area contributed by atoms with Gasteiger partial charge in [-0.1, -0.05) is 0 Å². The van der Waals surface area contributed by atoms with Crippen molar-refractivity contribution in [2.75, 3.05) is 0 Å². The van der Waals surface area contributed by atoms with Gasteiger partial charge in [-0.25, -0.2) is 4.79 Å². The van der Waals surface area contributed by atoms with E-state index in [9.17, 15) is 13.2 Å². The maximum absolute atomic E-state index is 10.6. The van der Waals surface area contributed by atoms with Crippen LogP contribution in [0.5, 0.6) is 0 Å². The minimum absolute atomic E-state index is 0. The number of carbonyl (C=O) groups is 1. The summed E-state index contributed by atoms with van der Waals surface area (Å²) in [6.45, 7) is 0. The average Bonchev–Trinajstić information content (AvgIpc) is 1.31. The molecular weight excluding hydrogens is 153 g/mol. The number of carboxylic acid groups (broad SMARTS) is 1. The van der Waals surface area contributed by atoms with E-state index in [1.165, 1.54) is 0 Å². The van der Waals surface area contributed by atoms with Gasteiger partial charge >= 0.3 is 12.1 Å². The maximum atomic E-state index is 10.6. The number of hydrogen-bond donors (Lipinski definition) is 1. The molecule has 0 rings (SSSR count). The van der Waals surface area contributed by atoms with Crippen molar-refractivity contribution in [1.82, 2.24) is 0 Å². The second-order valence-electron chi connectivity index (χ2n) is 0.803. The molecule has 0 unspecified atom stereocenters. The predicted octanol–water partition coefficient (Wildman–Crippen LogP) is 0.633. The van der Waals surface area contributed by atoms with Crippen molar-refractivity contribution < 1.29 is 60.8 Å². The summed E-state index contributed by atoms with van der Waals surface area (Å²) in [5.74, 6) is -2.76. The number of alkyl halides is 3. The SMILES string of the molecule is O=C(O)C(F)(F)F.[Ar]. The standard InChI is InChI=1S/C2HF3O2.Ar/c3-2(4,5)1(6)7;/h(H,6,7);. The van der Waals surface area contributed by atoms with Gasteiger partial charge in [0.15, 0.2) is 0 Å². The Bertz CT molecular complexity index is 87.8. The Balaban J connectivity index is 0. The van der Waals surface area contributed by atoms with Crippen molar-refractivity contribution in [3.8, 4) is 0 Å². The van der Waals surface area contributed by atoms with Gasteiger partial charge in [0, 0.05) is 37.7 Å². The molecule has 0 aliphatic rings. The minimum atomic E-state index is -5.08. The van der Waals surface area contributed by atoms with Gasteiger partial charge in [-0.3, -0.25) is 0 Å². The molecule has 0 aromatic carbocycles. The fraction of sp³-hybridized carbons (Fsp3) is 0.500. The zero-order valence-electron chi connectivity index (χ0n) is 3.34. The van der Waals surface area contributed by atoms with Gasteiger partial charge in [0.25, 0.3) is 0 Å². The van der Waals surface area contributed by atoms with Crippen molar-refractivity contribution in [1.29, 1.82) is 0 Å². The van der Waals surface area contributed by atoms with Crippen molar-refractivity contribution in [2.45, 2.75) is 6.18 Å². The van der Waals surface area contributed by atoms with Crippen LogP contribution in [0.15, 0.2) is 0 Å². The van der Waals surface area contributed by atoms with Gasteiger partial charge in [-0.15, -0.1) is 0 Å². The Morgan fingerprint density at radius 1 is 1.38 bits per heavy atom. The molecule has 0 spiro atoms. The third-order valence-corrected chi connectivity index (χ3v) is 0.243. The van der Waals surface area contributed by atoms with Crippen LogP contribution < -0.4 is 0 Å². The molecule has 8 heavy (non-hydrogen) atoms. The molecule has 0 aromatic heterocycles. The van der Waals surface area contributed by atoms with Gasteiger partial charge in [0.1, 0.15) is 0 Å². The monoisotopic (exact) mass is 154 g/mol. The van der Waals surface area contributed by atoms with Crippen molar-refractivity contribution in [2.24, 2.45) is 0 Å². The van der Waals surface area contributed by atoms with Crippen LogP contribution in [0.4, 0.5) is 13.2 Å². The van der Waals surface area contributed by atoms with E-state index >= 15 is 0 Å². The van der Waals surface area contributed by atoms with Crippen LogP contribution in [-0.4, -0.2) is 17.3 Å².